The number of anilines is 1. The van der Waals surface area contributed by atoms with Gasteiger partial charge in [0, 0.05) is 23.2 Å². The van der Waals surface area contributed by atoms with E-state index in [9.17, 15) is 4.79 Å². The maximum absolute atomic E-state index is 12.2. The van der Waals surface area contributed by atoms with Crippen molar-refractivity contribution < 1.29 is 4.79 Å². The van der Waals surface area contributed by atoms with Crippen molar-refractivity contribution >= 4 is 22.9 Å². The number of carbonyl (C=O) groups is 1. The molecule has 0 unspecified atom stereocenters. The highest BCUT2D eigenvalue weighted by Gasteiger charge is 2.10. The number of hydrogen-bond donors (Lipinski definition) is 1. The number of rotatable bonds is 6. The Kier molecular flexibility index (Phi) is 5.81. The summed E-state index contributed by atoms with van der Waals surface area (Å²) < 4.78 is 0. The van der Waals surface area contributed by atoms with E-state index < -0.39 is 0 Å². The van der Waals surface area contributed by atoms with Gasteiger partial charge >= 0.3 is 0 Å². The summed E-state index contributed by atoms with van der Waals surface area (Å²) in [6.45, 7) is 5.07. The standard InChI is InChI=1S/C21H23N3OS/c1-15-4-8-17(9-5-15)21-23-19(14-26-21)12-24(3)13-20(25)22-18-10-6-16(2)7-11-18/h4-11,14H,12-13H2,1-3H3,(H,22,25). The van der Waals surface area contributed by atoms with Crippen molar-refractivity contribution in [3.63, 3.8) is 0 Å². The van der Waals surface area contributed by atoms with Crippen molar-refractivity contribution in [3.05, 3.63) is 70.7 Å². The molecule has 0 radical (unpaired) electrons. The molecule has 0 bridgehead atoms. The molecule has 0 aliphatic rings. The number of nitrogens with zero attached hydrogens (tertiary/aromatic N) is 2. The summed E-state index contributed by atoms with van der Waals surface area (Å²) in [5.41, 5.74) is 5.35. The number of benzene rings is 2. The van der Waals surface area contributed by atoms with Crippen LogP contribution in [-0.2, 0) is 11.3 Å². The summed E-state index contributed by atoms with van der Waals surface area (Å²) >= 11 is 1.63. The first-order valence-electron chi connectivity index (χ1n) is 8.56. The lowest BCUT2D eigenvalue weighted by Crippen LogP contribution is -2.29. The van der Waals surface area contributed by atoms with Gasteiger partial charge in [-0.25, -0.2) is 4.98 Å². The Morgan fingerprint density at radius 2 is 1.65 bits per heavy atom. The van der Waals surface area contributed by atoms with E-state index in [4.69, 9.17) is 4.98 Å². The Labute approximate surface area is 158 Å². The molecule has 26 heavy (non-hydrogen) atoms. The first-order valence-corrected chi connectivity index (χ1v) is 9.44. The third-order valence-electron chi connectivity index (χ3n) is 4.03. The van der Waals surface area contributed by atoms with E-state index in [1.807, 2.05) is 43.1 Å². The second-order valence-electron chi connectivity index (χ2n) is 6.60. The minimum Gasteiger partial charge on any atom is -0.325 e. The third-order valence-corrected chi connectivity index (χ3v) is 4.97. The van der Waals surface area contributed by atoms with Gasteiger partial charge in [-0.15, -0.1) is 11.3 Å². The number of nitrogens with one attached hydrogen (secondary N) is 1. The van der Waals surface area contributed by atoms with Gasteiger partial charge in [0.15, 0.2) is 0 Å². The Morgan fingerprint density at radius 3 is 2.31 bits per heavy atom. The maximum atomic E-state index is 12.2. The lowest BCUT2D eigenvalue weighted by Gasteiger charge is -2.15. The van der Waals surface area contributed by atoms with Crippen molar-refractivity contribution in [1.29, 1.82) is 0 Å². The maximum Gasteiger partial charge on any atom is 0.238 e. The predicted octanol–water partition coefficient (Wildman–Crippen LogP) is 4.50. The zero-order valence-electron chi connectivity index (χ0n) is 15.3. The molecule has 0 saturated heterocycles. The first-order chi connectivity index (χ1) is 12.5. The summed E-state index contributed by atoms with van der Waals surface area (Å²) in [6.07, 6.45) is 0. The van der Waals surface area contributed by atoms with Gasteiger partial charge in [-0.1, -0.05) is 47.5 Å². The highest BCUT2D eigenvalue weighted by molar-refractivity contribution is 7.13. The van der Waals surface area contributed by atoms with Gasteiger partial charge < -0.3 is 5.32 Å². The molecule has 1 heterocycles. The minimum atomic E-state index is -0.0228. The number of likely N-dealkylation sites (N-methyl/N-ethyl adjacent to an activating group) is 1. The van der Waals surface area contributed by atoms with Crippen LogP contribution >= 0.6 is 11.3 Å². The average molecular weight is 366 g/mol. The Bertz CT molecular complexity index is 869. The van der Waals surface area contributed by atoms with Crippen LogP contribution < -0.4 is 5.32 Å². The smallest absolute Gasteiger partial charge is 0.238 e. The topological polar surface area (TPSA) is 45.2 Å². The number of carbonyl (C=O) groups excluding carboxylic acids is 1. The molecule has 5 heteroatoms. The summed E-state index contributed by atoms with van der Waals surface area (Å²) in [6, 6.07) is 16.2. The predicted molar refractivity (Wildman–Crippen MR) is 108 cm³/mol. The zero-order chi connectivity index (χ0) is 18.5. The lowest BCUT2D eigenvalue weighted by atomic mass is 10.2. The molecule has 0 saturated carbocycles. The monoisotopic (exact) mass is 365 g/mol. The molecule has 4 nitrogen and oxygen atoms in total. The summed E-state index contributed by atoms with van der Waals surface area (Å²) in [4.78, 5) is 18.9. The van der Waals surface area contributed by atoms with E-state index >= 15 is 0 Å². The number of aromatic nitrogens is 1. The van der Waals surface area contributed by atoms with Gasteiger partial charge in [0.1, 0.15) is 5.01 Å². The number of amides is 1. The van der Waals surface area contributed by atoms with E-state index in [0.29, 0.717) is 13.1 Å². The molecule has 1 amide bonds. The normalized spacial score (nSPS) is 10.9. The molecule has 0 atom stereocenters. The molecule has 0 fully saturated rings. The van der Waals surface area contributed by atoms with Crippen LogP contribution in [0.5, 0.6) is 0 Å². The molecule has 134 valence electrons. The largest absolute Gasteiger partial charge is 0.325 e. The van der Waals surface area contributed by atoms with Gasteiger partial charge in [-0.05, 0) is 33.0 Å². The summed E-state index contributed by atoms with van der Waals surface area (Å²) in [5, 5.41) is 5.99. The van der Waals surface area contributed by atoms with Crippen LogP contribution in [0, 0.1) is 13.8 Å². The van der Waals surface area contributed by atoms with Gasteiger partial charge in [0.2, 0.25) is 5.91 Å². The van der Waals surface area contributed by atoms with E-state index in [1.165, 1.54) is 11.1 Å². The number of hydrogen-bond acceptors (Lipinski definition) is 4. The van der Waals surface area contributed by atoms with Crippen molar-refractivity contribution in [2.75, 3.05) is 18.9 Å². The van der Waals surface area contributed by atoms with Gasteiger partial charge in [-0.2, -0.15) is 0 Å². The van der Waals surface area contributed by atoms with Crippen molar-refractivity contribution in [1.82, 2.24) is 9.88 Å². The van der Waals surface area contributed by atoms with E-state index in [-0.39, 0.29) is 5.91 Å². The SMILES string of the molecule is Cc1ccc(NC(=O)CN(C)Cc2csc(-c3ccc(C)cc3)n2)cc1. The van der Waals surface area contributed by atoms with Gasteiger partial charge in [0.25, 0.3) is 0 Å². The molecule has 3 rings (SSSR count). The molecule has 0 aliphatic carbocycles. The average Bonchev–Trinajstić information content (AvgIpc) is 3.05. The lowest BCUT2D eigenvalue weighted by molar-refractivity contribution is -0.117. The zero-order valence-corrected chi connectivity index (χ0v) is 16.1. The van der Waals surface area contributed by atoms with Crippen LogP contribution in [0.4, 0.5) is 5.69 Å². The van der Waals surface area contributed by atoms with Crippen LogP contribution in [0.2, 0.25) is 0 Å². The second kappa shape index (κ2) is 8.25. The van der Waals surface area contributed by atoms with Crippen molar-refractivity contribution in [2.45, 2.75) is 20.4 Å². The van der Waals surface area contributed by atoms with Crippen molar-refractivity contribution in [3.8, 4) is 10.6 Å². The second-order valence-corrected chi connectivity index (χ2v) is 7.45. The minimum absolute atomic E-state index is 0.0228. The number of aryl methyl sites for hydroxylation is 2. The van der Waals surface area contributed by atoms with Gasteiger partial charge in [-0.3, -0.25) is 9.69 Å². The molecule has 0 aliphatic heterocycles. The Hall–Kier alpha value is -2.50. The fourth-order valence-corrected chi connectivity index (χ4v) is 3.44. The first kappa shape index (κ1) is 18.3. The fourth-order valence-electron chi connectivity index (χ4n) is 2.62. The van der Waals surface area contributed by atoms with Gasteiger partial charge in [0.05, 0.1) is 12.2 Å². The molecule has 3 aromatic rings. The molecular formula is C21H23N3OS. The van der Waals surface area contributed by atoms with E-state index in [0.717, 1.165) is 22.0 Å². The van der Waals surface area contributed by atoms with Crippen LogP contribution in [0.3, 0.4) is 0 Å². The molecular weight excluding hydrogens is 342 g/mol. The van der Waals surface area contributed by atoms with Crippen LogP contribution in [0.25, 0.3) is 10.6 Å². The van der Waals surface area contributed by atoms with Crippen LogP contribution in [0.15, 0.2) is 53.9 Å². The van der Waals surface area contributed by atoms with Crippen molar-refractivity contribution in [2.24, 2.45) is 0 Å². The summed E-state index contributed by atoms with van der Waals surface area (Å²) in [7, 11) is 1.93. The van der Waals surface area contributed by atoms with Crippen LogP contribution in [-0.4, -0.2) is 29.4 Å². The summed E-state index contributed by atoms with van der Waals surface area (Å²) in [5.74, 6) is -0.0228. The highest BCUT2D eigenvalue weighted by atomic mass is 32.1. The quantitative estimate of drug-likeness (QED) is 0.700. The fraction of sp³-hybridized carbons (Fsp3) is 0.238. The Morgan fingerprint density at radius 1 is 1.04 bits per heavy atom. The highest BCUT2D eigenvalue weighted by Crippen LogP contribution is 2.24. The number of thiazole rings is 1. The molecule has 0 spiro atoms. The third kappa shape index (κ3) is 5.00. The van der Waals surface area contributed by atoms with E-state index in [2.05, 4.69) is 41.9 Å². The van der Waals surface area contributed by atoms with Crippen LogP contribution in [0.1, 0.15) is 16.8 Å². The molecule has 2 aromatic carbocycles. The Balaban J connectivity index is 1.54. The molecule has 1 aromatic heterocycles. The molecule has 1 N–H and O–H groups in total. The van der Waals surface area contributed by atoms with E-state index in [1.54, 1.807) is 11.3 Å².